The molecule has 9 nitrogen and oxygen atoms in total. The molecule has 9 heteroatoms. The number of hydrazone groups is 1. The van der Waals surface area contributed by atoms with Crippen LogP contribution in [0.3, 0.4) is 0 Å². The molecule has 0 saturated carbocycles. The van der Waals surface area contributed by atoms with Crippen molar-refractivity contribution in [3.63, 3.8) is 0 Å². The van der Waals surface area contributed by atoms with Crippen LogP contribution in [0.25, 0.3) is 0 Å². The van der Waals surface area contributed by atoms with Crippen LogP contribution in [0.15, 0.2) is 84.0 Å². The molecule has 0 bridgehead atoms. The molecule has 36 heavy (non-hydrogen) atoms. The number of anilines is 3. The SMILES string of the molecule is COc1ccc(NC(C)=O)cc1NC(=O)COC(=O)C1=NN(c2ccccc2)C(c2ccccc2)C1. The predicted octanol–water partition coefficient (Wildman–Crippen LogP) is 4.14. The van der Waals surface area contributed by atoms with Crippen molar-refractivity contribution < 1.29 is 23.9 Å². The first-order valence-electron chi connectivity index (χ1n) is 11.3. The van der Waals surface area contributed by atoms with Crippen molar-refractivity contribution in [1.82, 2.24) is 0 Å². The third kappa shape index (κ3) is 5.87. The maximum Gasteiger partial charge on any atom is 0.355 e. The van der Waals surface area contributed by atoms with E-state index < -0.39 is 18.5 Å². The van der Waals surface area contributed by atoms with E-state index in [1.165, 1.54) is 14.0 Å². The number of nitrogens with zero attached hydrogens (tertiary/aromatic N) is 2. The number of esters is 1. The number of carbonyl (C=O) groups excluding carboxylic acids is 3. The smallest absolute Gasteiger partial charge is 0.355 e. The molecule has 1 heterocycles. The molecule has 184 valence electrons. The van der Waals surface area contributed by atoms with Gasteiger partial charge in [0.1, 0.15) is 11.5 Å². The van der Waals surface area contributed by atoms with E-state index in [0.717, 1.165) is 11.3 Å². The van der Waals surface area contributed by atoms with Crippen LogP contribution in [0, 0.1) is 0 Å². The number of ether oxygens (including phenoxy) is 2. The number of hydrogen-bond acceptors (Lipinski definition) is 7. The molecule has 0 saturated heterocycles. The van der Waals surface area contributed by atoms with Crippen molar-refractivity contribution >= 4 is 40.6 Å². The molecule has 1 unspecified atom stereocenters. The van der Waals surface area contributed by atoms with E-state index in [-0.39, 0.29) is 17.7 Å². The van der Waals surface area contributed by atoms with E-state index in [9.17, 15) is 14.4 Å². The summed E-state index contributed by atoms with van der Waals surface area (Å²) < 4.78 is 10.5. The molecule has 2 N–H and O–H groups in total. The van der Waals surface area contributed by atoms with Crippen molar-refractivity contribution in [2.45, 2.75) is 19.4 Å². The normalized spacial score (nSPS) is 14.6. The Bertz CT molecular complexity index is 1280. The summed E-state index contributed by atoms with van der Waals surface area (Å²) in [6.45, 7) is 0.877. The van der Waals surface area contributed by atoms with Gasteiger partial charge in [-0.2, -0.15) is 5.10 Å². The monoisotopic (exact) mass is 486 g/mol. The summed E-state index contributed by atoms with van der Waals surface area (Å²) in [6, 6.07) is 24.0. The highest BCUT2D eigenvalue weighted by Crippen LogP contribution is 2.35. The van der Waals surface area contributed by atoms with Crippen LogP contribution < -0.4 is 20.4 Å². The number of carbonyl (C=O) groups is 3. The lowest BCUT2D eigenvalue weighted by atomic mass is 10.0. The fourth-order valence-electron chi connectivity index (χ4n) is 3.87. The number of amides is 2. The molecule has 0 radical (unpaired) electrons. The van der Waals surface area contributed by atoms with Gasteiger partial charge in [0.15, 0.2) is 6.61 Å². The Kier molecular flexibility index (Phi) is 7.60. The predicted molar refractivity (Wildman–Crippen MR) is 137 cm³/mol. The van der Waals surface area contributed by atoms with E-state index in [1.807, 2.05) is 60.7 Å². The van der Waals surface area contributed by atoms with Crippen LogP contribution in [-0.4, -0.2) is 37.2 Å². The molecule has 0 aliphatic carbocycles. The molecule has 0 aromatic heterocycles. The minimum absolute atomic E-state index is 0.175. The van der Waals surface area contributed by atoms with Gasteiger partial charge in [-0.1, -0.05) is 48.5 Å². The lowest BCUT2D eigenvalue weighted by Crippen LogP contribution is -2.24. The summed E-state index contributed by atoms with van der Waals surface area (Å²) in [6.07, 6.45) is 0.339. The van der Waals surface area contributed by atoms with Crippen molar-refractivity contribution in [1.29, 1.82) is 0 Å². The standard InChI is InChI=1S/C27H26N4O5/c1-18(32)28-20-13-14-25(35-2)22(15-20)29-26(33)17-36-27(34)23-16-24(19-9-5-3-6-10-19)31(30-23)21-11-7-4-8-12-21/h3-15,24H,16-17H2,1-2H3,(H,28,32)(H,29,33). The van der Waals surface area contributed by atoms with Crippen LogP contribution >= 0.6 is 0 Å². The summed E-state index contributed by atoms with van der Waals surface area (Å²) in [7, 11) is 1.46. The van der Waals surface area contributed by atoms with Gasteiger partial charge in [0.2, 0.25) is 5.91 Å². The minimum atomic E-state index is -0.663. The molecular weight excluding hydrogens is 460 g/mol. The summed E-state index contributed by atoms with van der Waals surface area (Å²) in [5.41, 5.74) is 2.91. The second kappa shape index (κ2) is 11.2. The first kappa shape index (κ1) is 24.5. The highest BCUT2D eigenvalue weighted by atomic mass is 16.5. The van der Waals surface area contributed by atoms with E-state index in [1.54, 1.807) is 23.2 Å². The van der Waals surface area contributed by atoms with Gasteiger partial charge < -0.3 is 20.1 Å². The molecule has 0 spiro atoms. The largest absolute Gasteiger partial charge is 0.495 e. The third-order valence-electron chi connectivity index (χ3n) is 5.48. The number of nitrogens with one attached hydrogen (secondary N) is 2. The van der Waals surface area contributed by atoms with Crippen molar-refractivity contribution in [3.05, 3.63) is 84.4 Å². The Morgan fingerprint density at radius 2 is 1.67 bits per heavy atom. The zero-order chi connectivity index (χ0) is 25.5. The van der Waals surface area contributed by atoms with Gasteiger partial charge >= 0.3 is 5.97 Å². The first-order valence-corrected chi connectivity index (χ1v) is 11.3. The van der Waals surface area contributed by atoms with Gasteiger partial charge in [-0.15, -0.1) is 0 Å². The second-order valence-electron chi connectivity index (χ2n) is 8.08. The van der Waals surface area contributed by atoms with Crippen molar-refractivity contribution in [3.8, 4) is 5.75 Å². The summed E-state index contributed by atoms with van der Waals surface area (Å²) >= 11 is 0. The summed E-state index contributed by atoms with van der Waals surface area (Å²) in [4.78, 5) is 36.7. The van der Waals surface area contributed by atoms with Gasteiger partial charge in [0.05, 0.1) is 24.5 Å². The lowest BCUT2D eigenvalue weighted by molar-refractivity contribution is -0.140. The highest BCUT2D eigenvalue weighted by Gasteiger charge is 2.33. The Labute approximate surface area is 208 Å². The third-order valence-corrected chi connectivity index (χ3v) is 5.48. The maximum absolute atomic E-state index is 12.8. The average molecular weight is 487 g/mol. The minimum Gasteiger partial charge on any atom is -0.495 e. The van der Waals surface area contributed by atoms with Gasteiger partial charge in [-0.05, 0) is 35.9 Å². The number of rotatable bonds is 8. The Morgan fingerprint density at radius 3 is 2.33 bits per heavy atom. The topological polar surface area (TPSA) is 109 Å². The van der Waals surface area contributed by atoms with Crippen LogP contribution in [0.1, 0.15) is 24.9 Å². The summed E-state index contributed by atoms with van der Waals surface area (Å²) in [5.74, 6) is -1.07. The van der Waals surface area contributed by atoms with Gasteiger partial charge in [-0.3, -0.25) is 14.6 Å². The fourth-order valence-corrected chi connectivity index (χ4v) is 3.87. The van der Waals surface area contributed by atoms with Crippen LogP contribution in [-0.2, 0) is 19.1 Å². The number of para-hydroxylation sites is 1. The molecule has 1 aliphatic rings. The molecule has 2 amide bonds. The van der Waals surface area contributed by atoms with E-state index in [0.29, 0.717) is 23.5 Å². The summed E-state index contributed by atoms with van der Waals surface area (Å²) in [5, 5.41) is 11.6. The fraction of sp³-hybridized carbons (Fsp3) is 0.185. The Morgan fingerprint density at radius 1 is 0.972 bits per heavy atom. The van der Waals surface area contributed by atoms with E-state index >= 15 is 0 Å². The maximum atomic E-state index is 12.8. The van der Waals surface area contributed by atoms with E-state index in [4.69, 9.17) is 9.47 Å². The quantitative estimate of drug-likeness (QED) is 0.463. The number of methoxy groups -OCH3 is 1. The Balaban J connectivity index is 1.43. The zero-order valence-electron chi connectivity index (χ0n) is 19.9. The highest BCUT2D eigenvalue weighted by molar-refractivity contribution is 6.37. The molecule has 1 aliphatic heterocycles. The van der Waals surface area contributed by atoms with Gasteiger partial charge in [0, 0.05) is 19.0 Å². The van der Waals surface area contributed by atoms with Crippen molar-refractivity contribution in [2.24, 2.45) is 5.10 Å². The average Bonchev–Trinajstić information content (AvgIpc) is 3.34. The van der Waals surface area contributed by atoms with Crippen LogP contribution in [0.5, 0.6) is 5.75 Å². The molecule has 0 fully saturated rings. The first-order chi connectivity index (χ1) is 17.4. The molecular formula is C27H26N4O5. The molecule has 4 rings (SSSR count). The zero-order valence-corrected chi connectivity index (χ0v) is 19.9. The Hall–Kier alpha value is -4.66. The van der Waals surface area contributed by atoms with Crippen LogP contribution in [0.4, 0.5) is 17.1 Å². The van der Waals surface area contributed by atoms with E-state index in [2.05, 4.69) is 15.7 Å². The number of benzene rings is 3. The lowest BCUT2D eigenvalue weighted by Gasteiger charge is -2.23. The number of hydrogen-bond donors (Lipinski definition) is 2. The van der Waals surface area contributed by atoms with Crippen LogP contribution in [0.2, 0.25) is 0 Å². The molecule has 3 aromatic rings. The molecule has 1 atom stereocenters. The molecule has 3 aromatic carbocycles. The van der Waals surface area contributed by atoms with Gasteiger partial charge in [-0.25, -0.2) is 4.79 Å². The van der Waals surface area contributed by atoms with Crippen molar-refractivity contribution in [2.75, 3.05) is 29.4 Å². The van der Waals surface area contributed by atoms with Gasteiger partial charge in [0.25, 0.3) is 5.91 Å². The second-order valence-corrected chi connectivity index (χ2v) is 8.08.